The maximum Gasteiger partial charge on any atom is 0.123 e. The summed E-state index contributed by atoms with van der Waals surface area (Å²) >= 11 is 7.75. The van der Waals surface area contributed by atoms with E-state index in [1.165, 1.54) is 4.88 Å². The summed E-state index contributed by atoms with van der Waals surface area (Å²) in [6.45, 7) is 6.18. The fourth-order valence-electron chi connectivity index (χ4n) is 1.72. The van der Waals surface area contributed by atoms with Crippen LogP contribution in [0.1, 0.15) is 23.9 Å². The monoisotopic (exact) mass is 280 g/mol. The molecule has 0 radical (unpaired) electrons. The third kappa shape index (κ3) is 3.31. The highest BCUT2D eigenvalue weighted by atomic mass is 35.5. The van der Waals surface area contributed by atoms with Crippen molar-refractivity contribution >= 4 is 22.9 Å². The molecule has 0 aliphatic rings. The number of halogens is 1. The van der Waals surface area contributed by atoms with Crippen molar-refractivity contribution in [3.8, 4) is 10.6 Å². The standard InChI is InChI=1S/C14H17ClN2S/c1-3-7-16-9-13-10(2)17-14(18-13)11-5-4-6-12(15)8-11/h4-6,8,16H,3,7,9H2,1-2H3. The smallest absolute Gasteiger partial charge is 0.123 e. The lowest BCUT2D eigenvalue weighted by molar-refractivity contribution is 0.678. The van der Waals surface area contributed by atoms with E-state index in [4.69, 9.17) is 11.6 Å². The zero-order chi connectivity index (χ0) is 13.0. The van der Waals surface area contributed by atoms with Gasteiger partial charge in [-0.15, -0.1) is 11.3 Å². The minimum absolute atomic E-state index is 0.756. The molecule has 1 aromatic carbocycles. The predicted octanol–water partition coefficient (Wildman–Crippen LogP) is 4.27. The Bertz CT molecular complexity index is 522. The normalized spacial score (nSPS) is 10.8. The number of thiazole rings is 1. The van der Waals surface area contributed by atoms with Crippen molar-refractivity contribution in [2.75, 3.05) is 6.54 Å². The Morgan fingerprint density at radius 3 is 2.94 bits per heavy atom. The van der Waals surface area contributed by atoms with Gasteiger partial charge in [-0.1, -0.05) is 30.7 Å². The molecule has 0 saturated heterocycles. The Balaban J connectivity index is 2.18. The molecule has 0 spiro atoms. The van der Waals surface area contributed by atoms with E-state index in [0.29, 0.717) is 0 Å². The van der Waals surface area contributed by atoms with Gasteiger partial charge in [0.1, 0.15) is 5.01 Å². The molecule has 2 nitrogen and oxygen atoms in total. The number of aryl methyl sites for hydroxylation is 1. The van der Waals surface area contributed by atoms with Crippen molar-refractivity contribution in [1.82, 2.24) is 10.3 Å². The second-order valence-corrected chi connectivity index (χ2v) is 5.73. The van der Waals surface area contributed by atoms with E-state index in [-0.39, 0.29) is 0 Å². The van der Waals surface area contributed by atoms with E-state index in [2.05, 4.69) is 24.1 Å². The Kier molecular flexibility index (Phi) is 4.75. The fourth-order valence-corrected chi connectivity index (χ4v) is 2.93. The maximum absolute atomic E-state index is 6.01. The molecule has 0 aliphatic carbocycles. The van der Waals surface area contributed by atoms with Crippen LogP contribution in [0.4, 0.5) is 0 Å². The second kappa shape index (κ2) is 6.32. The Morgan fingerprint density at radius 1 is 1.39 bits per heavy atom. The van der Waals surface area contributed by atoms with Gasteiger partial charge in [-0.05, 0) is 32.0 Å². The molecule has 1 heterocycles. The van der Waals surface area contributed by atoms with Gasteiger partial charge in [0.05, 0.1) is 5.69 Å². The molecule has 0 bridgehead atoms. The van der Waals surface area contributed by atoms with Gasteiger partial charge in [-0.3, -0.25) is 0 Å². The van der Waals surface area contributed by atoms with Gasteiger partial charge in [0, 0.05) is 22.0 Å². The number of hydrogen-bond acceptors (Lipinski definition) is 3. The zero-order valence-electron chi connectivity index (χ0n) is 10.7. The van der Waals surface area contributed by atoms with Crippen LogP contribution < -0.4 is 5.32 Å². The van der Waals surface area contributed by atoms with E-state index in [1.54, 1.807) is 11.3 Å². The molecular formula is C14H17ClN2S. The van der Waals surface area contributed by atoms with Crippen molar-refractivity contribution in [1.29, 1.82) is 0 Å². The molecule has 0 amide bonds. The first-order chi connectivity index (χ1) is 8.70. The Hall–Kier alpha value is -0.900. The highest BCUT2D eigenvalue weighted by Gasteiger charge is 2.09. The van der Waals surface area contributed by atoms with Crippen LogP contribution in [-0.4, -0.2) is 11.5 Å². The summed E-state index contributed by atoms with van der Waals surface area (Å²) in [6, 6.07) is 7.86. The van der Waals surface area contributed by atoms with Crippen LogP contribution in [0.2, 0.25) is 5.02 Å². The lowest BCUT2D eigenvalue weighted by Crippen LogP contribution is -2.13. The van der Waals surface area contributed by atoms with Crippen LogP contribution in [0.5, 0.6) is 0 Å². The molecule has 4 heteroatoms. The summed E-state index contributed by atoms with van der Waals surface area (Å²) in [4.78, 5) is 5.92. The summed E-state index contributed by atoms with van der Waals surface area (Å²) in [7, 11) is 0. The van der Waals surface area contributed by atoms with Crippen LogP contribution in [0.15, 0.2) is 24.3 Å². The van der Waals surface area contributed by atoms with Gasteiger partial charge >= 0.3 is 0 Å². The topological polar surface area (TPSA) is 24.9 Å². The summed E-state index contributed by atoms with van der Waals surface area (Å²) in [6.07, 6.45) is 1.15. The van der Waals surface area contributed by atoms with Crippen LogP contribution >= 0.6 is 22.9 Å². The van der Waals surface area contributed by atoms with Gasteiger partial charge in [-0.25, -0.2) is 4.98 Å². The van der Waals surface area contributed by atoms with Crippen molar-refractivity contribution in [3.63, 3.8) is 0 Å². The zero-order valence-corrected chi connectivity index (χ0v) is 12.2. The second-order valence-electron chi connectivity index (χ2n) is 4.21. The highest BCUT2D eigenvalue weighted by molar-refractivity contribution is 7.15. The summed E-state index contributed by atoms with van der Waals surface area (Å²) in [5.41, 5.74) is 2.20. The molecule has 0 atom stereocenters. The van der Waals surface area contributed by atoms with Gasteiger partial charge in [0.2, 0.25) is 0 Å². The van der Waals surface area contributed by atoms with E-state index >= 15 is 0 Å². The number of aromatic nitrogens is 1. The van der Waals surface area contributed by atoms with Crippen molar-refractivity contribution in [2.24, 2.45) is 0 Å². The molecule has 18 heavy (non-hydrogen) atoms. The minimum Gasteiger partial charge on any atom is -0.312 e. The first kappa shape index (κ1) is 13.5. The third-order valence-corrected chi connectivity index (χ3v) is 4.12. The van der Waals surface area contributed by atoms with Crippen LogP contribution in [0, 0.1) is 6.92 Å². The molecular weight excluding hydrogens is 264 g/mol. The number of hydrogen-bond donors (Lipinski definition) is 1. The first-order valence-electron chi connectivity index (χ1n) is 6.13. The summed E-state index contributed by atoms with van der Waals surface area (Å²) in [5.74, 6) is 0. The van der Waals surface area contributed by atoms with Gasteiger partial charge in [0.25, 0.3) is 0 Å². The van der Waals surface area contributed by atoms with Crippen molar-refractivity contribution < 1.29 is 0 Å². The van der Waals surface area contributed by atoms with Crippen molar-refractivity contribution in [2.45, 2.75) is 26.8 Å². The van der Waals surface area contributed by atoms with Gasteiger partial charge < -0.3 is 5.32 Å². The molecule has 0 aliphatic heterocycles. The Morgan fingerprint density at radius 2 is 2.22 bits per heavy atom. The fraction of sp³-hybridized carbons (Fsp3) is 0.357. The van der Waals surface area contributed by atoms with E-state index in [1.807, 2.05) is 24.3 Å². The van der Waals surface area contributed by atoms with Crippen molar-refractivity contribution in [3.05, 3.63) is 39.9 Å². The average Bonchev–Trinajstić information content (AvgIpc) is 2.72. The quantitative estimate of drug-likeness (QED) is 0.827. The summed E-state index contributed by atoms with van der Waals surface area (Å²) < 4.78 is 0. The van der Waals surface area contributed by atoms with E-state index < -0.39 is 0 Å². The number of rotatable bonds is 5. The van der Waals surface area contributed by atoms with E-state index in [0.717, 1.165) is 40.8 Å². The van der Waals surface area contributed by atoms with E-state index in [9.17, 15) is 0 Å². The van der Waals surface area contributed by atoms with Crippen LogP contribution in [0.25, 0.3) is 10.6 Å². The molecule has 0 saturated carbocycles. The first-order valence-corrected chi connectivity index (χ1v) is 7.33. The van der Waals surface area contributed by atoms with Gasteiger partial charge in [-0.2, -0.15) is 0 Å². The average molecular weight is 281 g/mol. The highest BCUT2D eigenvalue weighted by Crippen LogP contribution is 2.29. The van der Waals surface area contributed by atoms with Crippen LogP contribution in [-0.2, 0) is 6.54 Å². The molecule has 2 aromatic rings. The lowest BCUT2D eigenvalue weighted by atomic mass is 10.2. The molecule has 0 unspecified atom stereocenters. The number of benzene rings is 1. The molecule has 1 aromatic heterocycles. The number of nitrogens with zero attached hydrogens (tertiary/aromatic N) is 1. The molecule has 1 N–H and O–H groups in total. The molecule has 96 valence electrons. The SMILES string of the molecule is CCCNCc1sc(-c2cccc(Cl)c2)nc1C. The molecule has 2 rings (SSSR count). The summed E-state index contributed by atoms with van der Waals surface area (Å²) in [5, 5.41) is 5.21. The number of nitrogens with one attached hydrogen (secondary N) is 1. The maximum atomic E-state index is 6.01. The van der Waals surface area contributed by atoms with Crippen LogP contribution in [0.3, 0.4) is 0 Å². The van der Waals surface area contributed by atoms with Gasteiger partial charge in [0.15, 0.2) is 0 Å². The third-order valence-electron chi connectivity index (χ3n) is 2.68. The lowest BCUT2D eigenvalue weighted by Gasteiger charge is -1.99. The Labute approximate surface area is 117 Å². The predicted molar refractivity (Wildman–Crippen MR) is 79.3 cm³/mol. The minimum atomic E-state index is 0.756. The largest absolute Gasteiger partial charge is 0.312 e. The molecule has 0 fully saturated rings.